The number of benzene rings is 1. The number of rotatable bonds is 42. The second kappa shape index (κ2) is 36.7. The number of allylic oxidation sites excluding steroid dienone is 4. The number of fused-ring (bicyclic) bond motifs is 1. The van der Waals surface area contributed by atoms with Gasteiger partial charge in [-0.1, -0.05) is 141 Å². The Labute approximate surface area is 376 Å². The second-order valence-corrected chi connectivity index (χ2v) is 17.8. The monoisotopic (exact) mass is 907 g/mol. The van der Waals surface area contributed by atoms with Crippen molar-refractivity contribution in [2.75, 3.05) is 31.7 Å². The minimum absolute atomic E-state index is 0.00395. The third kappa shape index (κ3) is 28.7. The van der Waals surface area contributed by atoms with Crippen LogP contribution in [0.5, 0.6) is 0 Å². The van der Waals surface area contributed by atoms with Crippen LogP contribution < -0.4 is 5.32 Å². The number of unbranched alkanes of at least 4 members (excludes halogenated alkanes) is 22. The Hall–Kier alpha value is -3.65. The Morgan fingerprint density at radius 3 is 1.70 bits per heavy atom. The second-order valence-electron chi connectivity index (χ2n) is 16.3. The first-order valence-corrected chi connectivity index (χ1v) is 25.6. The summed E-state index contributed by atoms with van der Waals surface area (Å²) < 4.78 is 38.7. The van der Waals surface area contributed by atoms with Crippen molar-refractivity contribution in [3.8, 4) is 0 Å². The van der Waals surface area contributed by atoms with Crippen LogP contribution >= 0.6 is 7.82 Å². The highest BCUT2D eigenvalue weighted by atomic mass is 31.2. The van der Waals surface area contributed by atoms with Gasteiger partial charge in [-0.25, -0.2) is 9.19 Å². The number of carbonyl (C=O) groups is 2. The van der Waals surface area contributed by atoms with E-state index in [1.54, 1.807) is 0 Å². The normalized spacial score (nSPS) is 13.2. The van der Waals surface area contributed by atoms with Crippen LogP contribution in [0.25, 0.3) is 11.0 Å². The van der Waals surface area contributed by atoms with E-state index in [2.05, 4.69) is 58.4 Å². The summed E-state index contributed by atoms with van der Waals surface area (Å²) in [5.41, 5.74) is 0.132. The van der Waals surface area contributed by atoms with E-state index in [1.165, 1.54) is 89.2 Å². The molecular formula is C47H79N4O11P. The zero-order chi connectivity index (χ0) is 45.6. The van der Waals surface area contributed by atoms with Crippen LogP contribution in [0.4, 0.5) is 11.4 Å². The number of esters is 2. The number of nitrogens with zero attached hydrogens (tertiary/aromatic N) is 3. The minimum atomic E-state index is -4.63. The van der Waals surface area contributed by atoms with E-state index in [-0.39, 0.29) is 49.3 Å². The Morgan fingerprint density at radius 1 is 0.698 bits per heavy atom. The zero-order valence-electron chi connectivity index (χ0n) is 38.5. The van der Waals surface area contributed by atoms with Crippen molar-refractivity contribution in [1.82, 2.24) is 10.3 Å². The molecule has 0 aliphatic rings. The number of carbonyl (C=O) groups excluding carboxylic acids is 2. The van der Waals surface area contributed by atoms with E-state index in [0.29, 0.717) is 18.5 Å². The van der Waals surface area contributed by atoms with Crippen molar-refractivity contribution in [2.24, 2.45) is 0 Å². The van der Waals surface area contributed by atoms with Gasteiger partial charge in [0, 0.05) is 25.5 Å². The molecule has 0 aliphatic heterocycles. The number of phosphoric acid groups is 1. The highest BCUT2D eigenvalue weighted by Crippen LogP contribution is 2.43. The average molecular weight is 907 g/mol. The Kier molecular flexibility index (Phi) is 32.3. The van der Waals surface area contributed by atoms with Gasteiger partial charge in [0.05, 0.1) is 23.8 Å². The summed E-state index contributed by atoms with van der Waals surface area (Å²) in [6.07, 6.45) is 38.1. The number of ether oxygens (including phenoxy) is 2. The van der Waals surface area contributed by atoms with Gasteiger partial charge in [-0.05, 0) is 80.6 Å². The van der Waals surface area contributed by atoms with E-state index in [4.69, 9.17) is 18.5 Å². The van der Waals surface area contributed by atoms with Crippen LogP contribution in [-0.4, -0.2) is 64.5 Å². The summed E-state index contributed by atoms with van der Waals surface area (Å²) in [7, 11) is -4.63. The van der Waals surface area contributed by atoms with Crippen LogP contribution in [0.2, 0.25) is 0 Å². The number of aromatic nitrogens is 2. The van der Waals surface area contributed by atoms with Gasteiger partial charge in [0.25, 0.3) is 0 Å². The van der Waals surface area contributed by atoms with Gasteiger partial charge < -0.3 is 19.7 Å². The predicted octanol–water partition coefficient (Wildman–Crippen LogP) is 13.2. The van der Waals surface area contributed by atoms with E-state index < -0.39 is 37.4 Å². The highest BCUT2D eigenvalue weighted by Gasteiger charge is 2.26. The number of nitrogens with one attached hydrogen (secondary N) is 1. The lowest BCUT2D eigenvalue weighted by atomic mass is 10.1. The SMILES string of the molecule is CCCCCCCC/C=C\CCCCCCCC(=O)OCC(COP(=O)(O)OCCNc1ccc([N+](=O)[O-])c2nonc12)OC(=O)CCCCCCC/C=C\CCCCCCCC. The molecule has 0 spiro atoms. The van der Waals surface area contributed by atoms with Gasteiger partial charge in [0.15, 0.2) is 11.6 Å². The van der Waals surface area contributed by atoms with Crippen molar-refractivity contribution >= 4 is 42.2 Å². The van der Waals surface area contributed by atoms with Crippen molar-refractivity contribution in [2.45, 2.75) is 200 Å². The molecule has 0 aliphatic carbocycles. The van der Waals surface area contributed by atoms with Crippen LogP contribution in [-0.2, 0) is 32.7 Å². The van der Waals surface area contributed by atoms with Gasteiger partial charge in [-0.15, -0.1) is 0 Å². The molecule has 358 valence electrons. The molecule has 2 N–H and O–H groups in total. The third-order valence-electron chi connectivity index (χ3n) is 10.7. The van der Waals surface area contributed by atoms with Crippen molar-refractivity contribution in [3.05, 3.63) is 46.6 Å². The molecule has 1 aromatic carbocycles. The maximum atomic E-state index is 12.8. The molecule has 1 heterocycles. The van der Waals surface area contributed by atoms with Gasteiger partial charge >= 0.3 is 25.4 Å². The quantitative estimate of drug-likeness (QED) is 0.0159. The predicted molar refractivity (Wildman–Crippen MR) is 248 cm³/mol. The fraction of sp³-hybridized carbons (Fsp3) is 0.745. The fourth-order valence-corrected chi connectivity index (χ4v) is 7.76. The fourth-order valence-electron chi connectivity index (χ4n) is 7.00. The molecule has 0 saturated carbocycles. The van der Waals surface area contributed by atoms with E-state index in [0.717, 1.165) is 77.0 Å². The highest BCUT2D eigenvalue weighted by molar-refractivity contribution is 7.47. The molecule has 2 rings (SSSR count). The molecule has 63 heavy (non-hydrogen) atoms. The maximum Gasteiger partial charge on any atom is 0.472 e. The number of hydrogen-bond donors (Lipinski definition) is 2. The van der Waals surface area contributed by atoms with E-state index in [9.17, 15) is 29.2 Å². The lowest BCUT2D eigenvalue weighted by Gasteiger charge is -2.20. The van der Waals surface area contributed by atoms with E-state index >= 15 is 0 Å². The Morgan fingerprint density at radius 2 is 1.17 bits per heavy atom. The Balaban J connectivity index is 1.72. The first kappa shape index (κ1) is 55.5. The number of anilines is 1. The third-order valence-corrected chi connectivity index (χ3v) is 11.7. The molecule has 15 nitrogen and oxygen atoms in total. The molecule has 0 amide bonds. The minimum Gasteiger partial charge on any atom is -0.462 e. The summed E-state index contributed by atoms with van der Waals surface area (Å²) >= 11 is 0. The van der Waals surface area contributed by atoms with Gasteiger partial charge in [-0.2, -0.15) is 0 Å². The molecule has 2 atom stereocenters. The van der Waals surface area contributed by atoms with Crippen molar-refractivity contribution < 1.29 is 47.1 Å². The first-order valence-electron chi connectivity index (χ1n) is 24.1. The molecule has 2 unspecified atom stereocenters. The van der Waals surface area contributed by atoms with Gasteiger partial charge in [0.2, 0.25) is 5.52 Å². The number of nitro groups is 1. The molecule has 1 aromatic heterocycles. The van der Waals surface area contributed by atoms with Gasteiger partial charge in [-0.3, -0.25) is 28.8 Å². The largest absolute Gasteiger partial charge is 0.472 e. The van der Waals surface area contributed by atoms with Crippen molar-refractivity contribution in [3.63, 3.8) is 0 Å². The zero-order valence-corrected chi connectivity index (χ0v) is 39.4. The number of phosphoric ester groups is 1. The van der Waals surface area contributed by atoms with Crippen LogP contribution in [0, 0.1) is 10.1 Å². The smallest absolute Gasteiger partial charge is 0.462 e. The molecule has 0 radical (unpaired) electrons. The molecular weight excluding hydrogens is 828 g/mol. The summed E-state index contributed by atoms with van der Waals surface area (Å²) in [4.78, 5) is 46.4. The summed E-state index contributed by atoms with van der Waals surface area (Å²) in [6, 6.07) is 2.65. The number of hydrogen-bond acceptors (Lipinski definition) is 13. The van der Waals surface area contributed by atoms with Crippen LogP contribution in [0.15, 0.2) is 41.1 Å². The summed E-state index contributed by atoms with van der Waals surface area (Å²) in [5.74, 6) is -0.952. The van der Waals surface area contributed by atoms with Crippen LogP contribution in [0.1, 0.15) is 194 Å². The molecule has 0 fully saturated rings. The topological polar surface area (TPSA) is 202 Å². The number of nitro benzene ring substituents is 1. The average Bonchev–Trinajstić information content (AvgIpc) is 3.76. The molecule has 2 aromatic rings. The lowest BCUT2D eigenvalue weighted by molar-refractivity contribution is -0.383. The van der Waals surface area contributed by atoms with Crippen LogP contribution in [0.3, 0.4) is 0 Å². The lowest BCUT2D eigenvalue weighted by Crippen LogP contribution is -2.29. The maximum absolute atomic E-state index is 12.8. The summed E-state index contributed by atoms with van der Waals surface area (Å²) in [5, 5.41) is 21.4. The molecule has 0 bridgehead atoms. The number of non-ortho nitro benzene ring substituents is 1. The molecule has 0 saturated heterocycles. The van der Waals surface area contributed by atoms with Crippen molar-refractivity contribution in [1.29, 1.82) is 0 Å². The molecule has 16 heteroatoms. The summed E-state index contributed by atoms with van der Waals surface area (Å²) in [6.45, 7) is 3.31. The first-order chi connectivity index (χ1) is 30.7. The van der Waals surface area contributed by atoms with Gasteiger partial charge in [0.1, 0.15) is 6.61 Å². The van der Waals surface area contributed by atoms with E-state index in [1.807, 2.05) is 0 Å². The Bertz CT molecular complexity index is 1620. The standard InChI is InChI=1S/C47H79N4O11P/c1-3-5-7-9-11-13-15-17-19-21-23-25-27-29-31-33-44(52)58-39-41(61-45(53)34-32-30-28-26-24-22-20-18-16-14-12-10-8-6-4-2)40-60-63(56,57)59-38-37-48-42-35-36-43(51(54)55)47-46(42)49-62-50-47/h17-20,35-36,41,48H,3-16,21-34,37-40H2,1-2H3,(H,56,57)/b19-17-,20-18-.